The predicted molar refractivity (Wildman–Crippen MR) is 327 cm³/mol. The molecule has 424 valence electrons. The van der Waals surface area contributed by atoms with Gasteiger partial charge >= 0.3 is 0 Å². The molecule has 0 rings (SSSR count). The van der Waals surface area contributed by atoms with Gasteiger partial charge in [-0.25, -0.2) is 0 Å². The van der Waals surface area contributed by atoms with Crippen molar-refractivity contribution in [3.8, 4) is 0 Å². The van der Waals surface area contributed by atoms with Crippen molar-refractivity contribution in [3.63, 3.8) is 0 Å². The van der Waals surface area contributed by atoms with Crippen LogP contribution in [-0.2, 0) is 4.79 Å². The highest BCUT2D eigenvalue weighted by atomic mass is 16.3. The van der Waals surface area contributed by atoms with Crippen LogP contribution >= 0.6 is 0 Å². The third-order valence-corrected chi connectivity index (χ3v) is 14.6. The van der Waals surface area contributed by atoms with Crippen LogP contribution in [0.25, 0.3) is 0 Å². The van der Waals surface area contributed by atoms with Crippen molar-refractivity contribution in [2.45, 2.75) is 341 Å². The van der Waals surface area contributed by atoms with Gasteiger partial charge in [0.2, 0.25) is 5.91 Å². The molecule has 0 saturated heterocycles. The van der Waals surface area contributed by atoms with Gasteiger partial charge in [0.05, 0.1) is 18.8 Å². The van der Waals surface area contributed by atoms with Gasteiger partial charge in [0.1, 0.15) is 0 Å². The Morgan fingerprint density at radius 2 is 0.616 bits per heavy atom. The smallest absolute Gasteiger partial charge is 0.220 e. The number of aliphatic hydroxyl groups excluding tert-OH is 2. The first-order valence-corrected chi connectivity index (χ1v) is 32.3. The van der Waals surface area contributed by atoms with E-state index in [2.05, 4.69) is 92.1 Å². The monoisotopic (exact) mass is 1020 g/mol. The Bertz CT molecular complexity index is 1290. The van der Waals surface area contributed by atoms with Crippen molar-refractivity contribution in [2.24, 2.45) is 0 Å². The molecular formula is C69H125NO3. The van der Waals surface area contributed by atoms with E-state index in [9.17, 15) is 15.0 Å². The van der Waals surface area contributed by atoms with Crippen LogP contribution in [0, 0.1) is 0 Å². The number of nitrogens with one attached hydrogen (secondary N) is 1. The molecule has 0 aliphatic rings. The molecule has 4 heteroatoms. The van der Waals surface area contributed by atoms with E-state index < -0.39 is 12.1 Å². The van der Waals surface area contributed by atoms with Crippen molar-refractivity contribution in [1.82, 2.24) is 5.32 Å². The molecule has 0 aromatic heterocycles. The maximum absolute atomic E-state index is 12.5. The minimum Gasteiger partial charge on any atom is -0.394 e. The SMILES string of the molecule is CC/C=C\C/C=C\C/C=C\C/C=C\CCCCCCCCCCCCCCCCCCCCCCC(=O)NC(CO)C(O)/C=C/CC/C=C/CC/C=C/CCCCCCCCCCCCCCCCCCCC. The maximum Gasteiger partial charge on any atom is 0.220 e. The molecule has 0 aliphatic heterocycles. The number of amides is 1. The number of carbonyl (C=O) groups excluding carboxylic acids is 1. The molecule has 0 heterocycles. The lowest BCUT2D eigenvalue weighted by Crippen LogP contribution is -2.45. The van der Waals surface area contributed by atoms with E-state index in [0.717, 1.165) is 64.2 Å². The van der Waals surface area contributed by atoms with Crippen LogP contribution in [0.2, 0.25) is 0 Å². The lowest BCUT2D eigenvalue weighted by molar-refractivity contribution is -0.123. The molecule has 2 unspecified atom stereocenters. The lowest BCUT2D eigenvalue weighted by Gasteiger charge is -2.19. The standard InChI is InChI=1S/C69H125NO3/c1-3-5-7-9-11-13-15-17-19-21-23-25-27-29-31-33-34-35-36-37-39-41-43-45-47-49-51-53-55-57-59-61-63-65-69(73)70-67(66-71)68(72)64-62-60-58-56-54-52-50-48-46-44-42-40-38-32-30-28-26-24-22-20-18-16-14-12-10-8-6-4-2/h5,7,11,13,17,19,23,25,46,48,54,56,62,64,67-68,71-72H,3-4,6,8-10,12,14-16,18,20-22,24,26-45,47,49-53,55,57-61,63,65-66H2,1-2H3,(H,70,73)/b7-5-,13-11-,19-17-,25-23-,48-46+,56-54+,64-62+. The Morgan fingerprint density at radius 3 is 0.959 bits per heavy atom. The number of carbonyl (C=O) groups is 1. The summed E-state index contributed by atoms with van der Waals surface area (Å²) in [5.74, 6) is -0.0747. The van der Waals surface area contributed by atoms with Gasteiger partial charge < -0.3 is 15.5 Å². The largest absolute Gasteiger partial charge is 0.394 e. The van der Waals surface area contributed by atoms with Gasteiger partial charge in [0.15, 0.2) is 0 Å². The van der Waals surface area contributed by atoms with E-state index in [0.29, 0.717) is 6.42 Å². The molecule has 0 radical (unpaired) electrons. The number of rotatable bonds is 59. The van der Waals surface area contributed by atoms with Gasteiger partial charge in [-0.1, -0.05) is 324 Å². The Balaban J connectivity index is 3.51. The van der Waals surface area contributed by atoms with Crippen LogP contribution in [0.15, 0.2) is 85.1 Å². The highest BCUT2D eigenvalue weighted by Crippen LogP contribution is 2.17. The fourth-order valence-corrected chi connectivity index (χ4v) is 9.74. The van der Waals surface area contributed by atoms with Gasteiger partial charge in [0, 0.05) is 6.42 Å². The summed E-state index contributed by atoms with van der Waals surface area (Å²) in [7, 11) is 0. The van der Waals surface area contributed by atoms with Crippen molar-refractivity contribution < 1.29 is 15.0 Å². The van der Waals surface area contributed by atoms with Crippen molar-refractivity contribution in [3.05, 3.63) is 85.1 Å². The van der Waals surface area contributed by atoms with Crippen molar-refractivity contribution in [1.29, 1.82) is 0 Å². The van der Waals surface area contributed by atoms with Gasteiger partial charge in [-0.05, 0) is 83.5 Å². The van der Waals surface area contributed by atoms with E-state index in [1.165, 1.54) is 244 Å². The molecule has 0 saturated carbocycles. The second-order valence-electron chi connectivity index (χ2n) is 21.8. The second kappa shape index (κ2) is 63.9. The first kappa shape index (κ1) is 70.6. The summed E-state index contributed by atoms with van der Waals surface area (Å²) in [6.45, 7) is 4.21. The number of allylic oxidation sites excluding steroid dienone is 13. The second-order valence-corrected chi connectivity index (χ2v) is 21.8. The van der Waals surface area contributed by atoms with Crippen LogP contribution in [0.1, 0.15) is 328 Å². The minimum absolute atomic E-state index is 0.0747. The van der Waals surface area contributed by atoms with Crippen LogP contribution < -0.4 is 5.32 Å². The Hall–Kier alpha value is -2.43. The Kier molecular flexibility index (Phi) is 61.7. The van der Waals surface area contributed by atoms with E-state index in [1.807, 2.05) is 6.08 Å². The number of aliphatic hydroxyl groups is 2. The summed E-state index contributed by atoms with van der Waals surface area (Å²) in [6.07, 6.45) is 93.6. The summed E-state index contributed by atoms with van der Waals surface area (Å²) < 4.78 is 0. The van der Waals surface area contributed by atoms with Crippen molar-refractivity contribution in [2.75, 3.05) is 6.61 Å². The highest BCUT2D eigenvalue weighted by molar-refractivity contribution is 5.76. The van der Waals surface area contributed by atoms with Gasteiger partial charge in [-0.15, -0.1) is 0 Å². The molecule has 0 fully saturated rings. The molecule has 0 spiro atoms. The van der Waals surface area contributed by atoms with Crippen molar-refractivity contribution >= 4 is 5.91 Å². The van der Waals surface area contributed by atoms with E-state index in [4.69, 9.17) is 0 Å². The zero-order chi connectivity index (χ0) is 52.7. The molecule has 0 aliphatic carbocycles. The fraction of sp³-hybridized carbons (Fsp3) is 0.783. The number of hydrogen-bond donors (Lipinski definition) is 3. The lowest BCUT2D eigenvalue weighted by atomic mass is 10.0. The zero-order valence-electron chi connectivity index (χ0n) is 48.9. The first-order chi connectivity index (χ1) is 36.2. The zero-order valence-corrected chi connectivity index (χ0v) is 48.9. The Labute approximate surface area is 456 Å². The Morgan fingerprint density at radius 1 is 0.342 bits per heavy atom. The minimum atomic E-state index is -0.874. The molecule has 2 atom stereocenters. The van der Waals surface area contributed by atoms with Crippen LogP contribution in [0.4, 0.5) is 0 Å². The third kappa shape index (κ3) is 60.3. The summed E-state index contributed by atoms with van der Waals surface area (Å²) in [5, 5.41) is 23.2. The summed E-state index contributed by atoms with van der Waals surface area (Å²) in [5.41, 5.74) is 0. The van der Waals surface area contributed by atoms with Gasteiger partial charge in [-0.3, -0.25) is 4.79 Å². The molecule has 1 amide bonds. The van der Waals surface area contributed by atoms with E-state index in [1.54, 1.807) is 6.08 Å². The summed E-state index contributed by atoms with van der Waals surface area (Å²) in [4.78, 5) is 12.5. The molecule has 4 nitrogen and oxygen atoms in total. The molecule has 73 heavy (non-hydrogen) atoms. The number of hydrogen-bond acceptors (Lipinski definition) is 3. The summed E-state index contributed by atoms with van der Waals surface area (Å²) in [6, 6.07) is -0.649. The fourth-order valence-electron chi connectivity index (χ4n) is 9.74. The van der Waals surface area contributed by atoms with Gasteiger partial charge in [-0.2, -0.15) is 0 Å². The quantitative estimate of drug-likeness (QED) is 0.0420. The molecular weight excluding hydrogens is 891 g/mol. The third-order valence-electron chi connectivity index (χ3n) is 14.6. The van der Waals surface area contributed by atoms with Gasteiger partial charge in [0.25, 0.3) is 0 Å². The number of unbranched alkanes of at least 4 members (excludes halogenated alkanes) is 40. The topological polar surface area (TPSA) is 69.6 Å². The van der Waals surface area contributed by atoms with E-state index >= 15 is 0 Å². The average Bonchev–Trinajstić information content (AvgIpc) is 3.40. The molecule has 0 aromatic rings. The van der Waals surface area contributed by atoms with Crippen LogP contribution in [0.5, 0.6) is 0 Å². The molecule has 0 aromatic carbocycles. The maximum atomic E-state index is 12.5. The normalized spacial score (nSPS) is 13.3. The van der Waals surface area contributed by atoms with Crippen LogP contribution in [0.3, 0.4) is 0 Å². The predicted octanol–water partition coefficient (Wildman–Crippen LogP) is 21.9. The summed E-state index contributed by atoms with van der Waals surface area (Å²) >= 11 is 0. The average molecular weight is 1020 g/mol. The van der Waals surface area contributed by atoms with Crippen LogP contribution in [-0.4, -0.2) is 34.9 Å². The van der Waals surface area contributed by atoms with E-state index in [-0.39, 0.29) is 12.5 Å². The molecule has 3 N–H and O–H groups in total. The first-order valence-electron chi connectivity index (χ1n) is 32.3. The molecule has 0 bridgehead atoms. The highest BCUT2D eigenvalue weighted by Gasteiger charge is 2.18.